The van der Waals surface area contributed by atoms with Gasteiger partial charge in [-0.1, -0.05) is 0 Å². The molecule has 1 amide bonds. The number of carbonyl (C=O) groups excluding carboxylic acids is 1. The molecule has 25 heavy (non-hydrogen) atoms. The van der Waals surface area contributed by atoms with Gasteiger partial charge in [0.1, 0.15) is 0 Å². The van der Waals surface area contributed by atoms with E-state index in [0.717, 1.165) is 37.2 Å². The van der Waals surface area contributed by atoms with Crippen LogP contribution in [-0.2, 0) is 4.79 Å². The SMILES string of the molecule is CC(=O)N1CCC(n2nccc2-c2cnc(N(C)CCO)nc2)CC1. The Balaban J connectivity index is 1.75. The van der Waals surface area contributed by atoms with Gasteiger partial charge in [-0.25, -0.2) is 9.97 Å². The van der Waals surface area contributed by atoms with Crippen molar-refractivity contribution in [3.63, 3.8) is 0 Å². The van der Waals surface area contributed by atoms with E-state index in [1.807, 2.05) is 22.7 Å². The summed E-state index contributed by atoms with van der Waals surface area (Å²) in [7, 11) is 1.85. The Hall–Kier alpha value is -2.48. The Labute approximate surface area is 147 Å². The van der Waals surface area contributed by atoms with E-state index in [1.165, 1.54) is 0 Å². The molecule has 1 aliphatic heterocycles. The summed E-state index contributed by atoms with van der Waals surface area (Å²) in [5.74, 6) is 0.716. The molecule has 0 atom stereocenters. The van der Waals surface area contributed by atoms with E-state index in [4.69, 9.17) is 5.11 Å². The maximum absolute atomic E-state index is 11.5. The summed E-state index contributed by atoms with van der Waals surface area (Å²) in [4.78, 5) is 23.9. The molecule has 2 aromatic rings. The molecule has 1 fully saturated rings. The van der Waals surface area contributed by atoms with Crippen LogP contribution in [0.4, 0.5) is 5.95 Å². The van der Waals surface area contributed by atoms with Gasteiger partial charge >= 0.3 is 0 Å². The van der Waals surface area contributed by atoms with Crippen molar-refractivity contribution in [2.45, 2.75) is 25.8 Å². The molecule has 0 aromatic carbocycles. The maximum Gasteiger partial charge on any atom is 0.225 e. The molecule has 1 N–H and O–H groups in total. The molecule has 1 aliphatic rings. The maximum atomic E-state index is 11.5. The molecule has 0 saturated carbocycles. The number of amides is 1. The third kappa shape index (κ3) is 3.79. The lowest BCUT2D eigenvalue weighted by molar-refractivity contribution is -0.130. The summed E-state index contributed by atoms with van der Waals surface area (Å²) in [5.41, 5.74) is 1.89. The van der Waals surface area contributed by atoms with Crippen molar-refractivity contribution in [3.8, 4) is 11.3 Å². The first-order chi connectivity index (χ1) is 12.1. The molecule has 3 rings (SSSR count). The highest BCUT2D eigenvalue weighted by atomic mass is 16.3. The van der Waals surface area contributed by atoms with Gasteiger partial charge in [-0.2, -0.15) is 5.10 Å². The van der Waals surface area contributed by atoms with Crippen molar-refractivity contribution < 1.29 is 9.90 Å². The molecule has 8 nitrogen and oxygen atoms in total. The fourth-order valence-corrected chi connectivity index (χ4v) is 3.16. The van der Waals surface area contributed by atoms with Crippen LogP contribution in [0.3, 0.4) is 0 Å². The van der Waals surface area contributed by atoms with Gasteiger partial charge in [-0.3, -0.25) is 9.48 Å². The van der Waals surface area contributed by atoms with Gasteiger partial charge in [-0.05, 0) is 18.9 Å². The van der Waals surface area contributed by atoms with Crippen molar-refractivity contribution in [3.05, 3.63) is 24.7 Å². The number of aromatic nitrogens is 4. The molecule has 134 valence electrons. The minimum Gasteiger partial charge on any atom is -0.395 e. The van der Waals surface area contributed by atoms with Crippen molar-refractivity contribution in [1.82, 2.24) is 24.6 Å². The fraction of sp³-hybridized carbons (Fsp3) is 0.529. The summed E-state index contributed by atoms with van der Waals surface area (Å²) in [5, 5.41) is 13.5. The minimum atomic E-state index is 0.0628. The van der Waals surface area contributed by atoms with Crippen LogP contribution < -0.4 is 4.90 Å². The summed E-state index contributed by atoms with van der Waals surface area (Å²) < 4.78 is 2.02. The fourth-order valence-electron chi connectivity index (χ4n) is 3.16. The lowest BCUT2D eigenvalue weighted by atomic mass is 10.0. The van der Waals surface area contributed by atoms with E-state index in [-0.39, 0.29) is 18.6 Å². The molecule has 0 aliphatic carbocycles. The molecule has 0 radical (unpaired) electrons. The van der Waals surface area contributed by atoms with Crippen LogP contribution in [0.25, 0.3) is 11.3 Å². The van der Waals surface area contributed by atoms with Crippen molar-refractivity contribution in [2.24, 2.45) is 0 Å². The van der Waals surface area contributed by atoms with E-state index in [1.54, 1.807) is 30.4 Å². The zero-order valence-corrected chi connectivity index (χ0v) is 14.7. The van der Waals surface area contributed by atoms with Crippen LogP contribution in [0.15, 0.2) is 24.7 Å². The highest BCUT2D eigenvalue weighted by molar-refractivity contribution is 5.73. The first-order valence-electron chi connectivity index (χ1n) is 8.53. The van der Waals surface area contributed by atoms with Crippen molar-refractivity contribution in [1.29, 1.82) is 0 Å². The molecule has 3 heterocycles. The molecule has 0 unspecified atom stereocenters. The molecule has 8 heteroatoms. The van der Waals surface area contributed by atoms with E-state index in [9.17, 15) is 4.79 Å². The van der Waals surface area contributed by atoms with Crippen LogP contribution >= 0.6 is 0 Å². The number of likely N-dealkylation sites (tertiary alicyclic amines) is 1. The normalized spacial score (nSPS) is 15.4. The number of rotatable bonds is 5. The smallest absolute Gasteiger partial charge is 0.225 e. The first kappa shape index (κ1) is 17.3. The zero-order valence-electron chi connectivity index (χ0n) is 14.7. The van der Waals surface area contributed by atoms with Crippen LogP contribution in [-0.4, -0.2) is 69.0 Å². The Morgan fingerprint density at radius 1 is 1.32 bits per heavy atom. The van der Waals surface area contributed by atoms with Gasteiger partial charge in [0, 0.05) is 57.8 Å². The van der Waals surface area contributed by atoms with Gasteiger partial charge < -0.3 is 14.9 Å². The third-order valence-corrected chi connectivity index (χ3v) is 4.64. The number of aliphatic hydroxyl groups is 1. The summed E-state index contributed by atoms with van der Waals surface area (Å²) in [6.07, 6.45) is 7.15. The van der Waals surface area contributed by atoms with Gasteiger partial charge in [0.2, 0.25) is 11.9 Å². The van der Waals surface area contributed by atoms with Gasteiger partial charge in [0.05, 0.1) is 18.3 Å². The summed E-state index contributed by atoms with van der Waals surface area (Å²) in [6.45, 7) is 3.70. The molecule has 1 saturated heterocycles. The molecular formula is C17H24N6O2. The highest BCUT2D eigenvalue weighted by Gasteiger charge is 2.24. The lowest BCUT2D eigenvalue weighted by Gasteiger charge is -2.32. The van der Waals surface area contributed by atoms with Crippen LogP contribution in [0.5, 0.6) is 0 Å². The lowest BCUT2D eigenvalue weighted by Crippen LogP contribution is -2.38. The second-order valence-corrected chi connectivity index (χ2v) is 6.32. The second-order valence-electron chi connectivity index (χ2n) is 6.32. The zero-order chi connectivity index (χ0) is 17.8. The minimum absolute atomic E-state index is 0.0628. The molecular weight excluding hydrogens is 320 g/mol. The molecule has 0 bridgehead atoms. The number of likely N-dealkylation sites (N-methyl/N-ethyl adjacent to an activating group) is 1. The topological polar surface area (TPSA) is 87.4 Å². The van der Waals surface area contributed by atoms with E-state index in [2.05, 4.69) is 15.1 Å². The number of hydrogen-bond donors (Lipinski definition) is 1. The Kier molecular flexibility index (Phi) is 5.28. The number of carbonyl (C=O) groups is 1. The second kappa shape index (κ2) is 7.60. The van der Waals surface area contributed by atoms with Crippen LogP contribution in [0, 0.1) is 0 Å². The quantitative estimate of drug-likeness (QED) is 0.869. The van der Waals surface area contributed by atoms with E-state index >= 15 is 0 Å². The average Bonchev–Trinajstić information content (AvgIpc) is 3.12. The van der Waals surface area contributed by atoms with Crippen molar-refractivity contribution >= 4 is 11.9 Å². The van der Waals surface area contributed by atoms with E-state index in [0.29, 0.717) is 12.5 Å². The number of aliphatic hydroxyl groups excluding tert-OH is 1. The highest BCUT2D eigenvalue weighted by Crippen LogP contribution is 2.28. The van der Waals surface area contributed by atoms with Crippen molar-refractivity contribution in [2.75, 3.05) is 38.2 Å². The van der Waals surface area contributed by atoms with Crippen LogP contribution in [0.2, 0.25) is 0 Å². The average molecular weight is 344 g/mol. The Morgan fingerprint density at radius 3 is 2.60 bits per heavy atom. The number of hydrogen-bond acceptors (Lipinski definition) is 6. The number of piperidine rings is 1. The van der Waals surface area contributed by atoms with Gasteiger partial charge in [0.25, 0.3) is 0 Å². The van der Waals surface area contributed by atoms with Crippen LogP contribution in [0.1, 0.15) is 25.8 Å². The third-order valence-electron chi connectivity index (χ3n) is 4.64. The van der Waals surface area contributed by atoms with Gasteiger partial charge in [0.15, 0.2) is 0 Å². The largest absolute Gasteiger partial charge is 0.395 e. The first-order valence-corrected chi connectivity index (χ1v) is 8.53. The predicted octanol–water partition coefficient (Wildman–Crippen LogP) is 0.952. The predicted molar refractivity (Wildman–Crippen MR) is 94.1 cm³/mol. The summed E-state index contributed by atoms with van der Waals surface area (Å²) >= 11 is 0. The number of anilines is 1. The monoisotopic (exact) mass is 344 g/mol. The standard InChI is InChI=1S/C17H24N6O2/c1-13(25)22-7-4-15(5-8-22)23-16(3-6-20-23)14-11-18-17(19-12-14)21(2)9-10-24/h3,6,11-12,15,24H,4-5,7-10H2,1-2H3. The molecule has 0 spiro atoms. The molecule has 2 aromatic heterocycles. The summed E-state index contributed by atoms with van der Waals surface area (Å²) in [6, 6.07) is 2.24. The van der Waals surface area contributed by atoms with Gasteiger partial charge in [-0.15, -0.1) is 0 Å². The Bertz CT molecular complexity index is 706. The number of nitrogens with zero attached hydrogens (tertiary/aromatic N) is 6. The Morgan fingerprint density at radius 2 is 2.00 bits per heavy atom. The van der Waals surface area contributed by atoms with E-state index < -0.39 is 0 Å².